The van der Waals surface area contributed by atoms with E-state index < -0.39 is 10.0 Å². The molecule has 1 saturated heterocycles. The summed E-state index contributed by atoms with van der Waals surface area (Å²) in [6, 6.07) is 8.71. The van der Waals surface area contributed by atoms with Gasteiger partial charge in [0.05, 0.1) is 6.26 Å². The largest absolute Gasteiger partial charge is 0.342 e. The number of benzene rings is 1. The number of hydrogen-bond donors (Lipinski definition) is 1. The van der Waals surface area contributed by atoms with Crippen LogP contribution in [0.2, 0.25) is 0 Å². The highest BCUT2D eigenvalue weighted by Crippen LogP contribution is 2.52. The Morgan fingerprint density at radius 2 is 1.71 bits per heavy atom. The number of carbonyl (C=O) groups is 1. The Bertz CT molecular complexity index is 817. The molecule has 3 fully saturated rings. The van der Waals surface area contributed by atoms with Crippen LogP contribution in [0.5, 0.6) is 0 Å². The maximum Gasteiger partial charge on any atom is 0.226 e. The predicted molar refractivity (Wildman–Crippen MR) is 111 cm³/mol. The standard InChI is InChI=1S/C22H32N2O3S/c1-28(26,27)23-17-9-6-13-24(14-12-17)22(25)21-15-20(21)19-11-5-4-10-18(19)16-7-2-3-8-16/h4-5,10-11,16-17,20-21,23H,2-3,6-9,12-15H2,1H3/t17-,20+,21-/m1/s1. The lowest BCUT2D eigenvalue weighted by atomic mass is 9.90. The molecule has 1 aliphatic heterocycles. The van der Waals surface area contributed by atoms with E-state index in [0.717, 1.165) is 25.8 Å². The van der Waals surface area contributed by atoms with Gasteiger partial charge in [0.1, 0.15) is 0 Å². The van der Waals surface area contributed by atoms with E-state index in [1.165, 1.54) is 43.1 Å². The molecule has 0 radical (unpaired) electrons. The maximum absolute atomic E-state index is 13.1. The van der Waals surface area contributed by atoms with Crippen molar-refractivity contribution in [3.05, 3.63) is 35.4 Å². The van der Waals surface area contributed by atoms with E-state index in [9.17, 15) is 13.2 Å². The number of likely N-dealkylation sites (tertiary alicyclic amines) is 1. The molecule has 3 aliphatic rings. The molecule has 1 aromatic rings. The maximum atomic E-state index is 13.1. The first-order valence-electron chi connectivity index (χ1n) is 10.8. The average Bonchev–Trinajstić information content (AvgIpc) is 3.33. The fourth-order valence-corrected chi connectivity index (χ4v) is 6.08. The average molecular weight is 405 g/mol. The lowest BCUT2D eigenvalue weighted by Gasteiger charge is -2.21. The third kappa shape index (κ3) is 4.60. The van der Waals surface area contributed by atoms with Crippen LogP contribution >= 0.6 is 0 Å². The lowest BCUT2D eigenvalue weighted by Crippen LogP contribution is -2.36. The summed E-state index contributed by atoms with van der Waals surface area (Å²) in [7, 11) is -3.19. The third-order valence-corrected chi connectivity index (χ3v) is 7.48. The highest BCUT2D eigenvalue weighted by Gasteiger charge is 2.47. The quantitative estimate of drug-likeness (QED) is 0.818. The van der Waals surface area contributed by atoms with Gasteiger partial charge in [-0.05, 0) is 61.5 Å². The topological polar surface area (TPSA) is 66.5 Å². The molecule has 2 aliphatic carbocycles. The van der Waals surface area contributed by atoms with Crippen molar-refractivity contribution >= 4 is 15.9 Å². The number of nitrogens with zero attached hydrogens (tertiary/aromatic N) is 1. The minimum absolute atomic E-state index is 0.0501. The normalized spacial score (nSPS) is 28.9. The van der Waals surface area contributed by atoms with Gasteiger partial charge < -0.3 is 4.90 Å². The second kappa shape index (κ2) is 8.15. The number of rotatable bonds is 5. The molecule has 6 heteroatoms. The molecule has 1 heterocycles. The van der Waals surface area contributed by atoms with Crippen molar-refractivity contribution < 1.29 is 13.2 Å². The van der Waals surface area contributed by atoms with Gasteiger partial charge in [-0.3, -0.25) is 4.79 Å². The summed E-state index contributed by atoms with van der Waals surface area (Å²) in [5, 5.41) is 0. The van der Waals surface area contributed by atoms with Crippen molar-refractivity contribution in [2.45, 2.75) is 69.2 Å². The van der Waals surface area contributed by atoms with E-state index in [2.05, 4.69) is 29.0 Å². The van der Waals surface area contributed by atoms with Crippen LogP contribution in [0.1, 0.15) is 74.3 Å². The fraction of sp³-hybridized carbons (Fsp3) is 0.682. The molecule has 1 amide bonds. The molecule has 1 aromatic carbocycles. The Labute approximate surface area is 168 Å². The van der Waals surface area contributed by atoms with Crippen LogP contribution in [0, 0.1) is 5.92 Å². The second-order valence-corrected chi connectivity index (χ2v) is 10.7. The van der Waals surface area contributed by atoms with Gasteiger partial charge >= 0.3 is 0 Å². The van der Waals surface area contributed by atoms with Crippen molar-refractivity contribution in [1.29, 1.82) is 0 Å². The molecule has 5 nitrogen and oxygen atoms in total. The molecule has 154 valence electrons. The minimum atomic E-state index is -3.19. The second-order valence-electron chi connectivity index (χ2n) is 8.90. The zero-order chi connectivity index (χ0) is 19.7. The van der Waals surface area contributed by atoms with Crippen molar-refractivity contribution in [3.63, 3.8) is 0 Å². The first kappa shape index (κ1) is 19.9. The number of carbonyl (C=O) groups excluding carboxylic acids is 1. The van der Waals surface area contributed by atoms with Gasteiger partial charge in [0.15, 0.2) is 0 Å². The molecule has 2 saturated carbocycles. The van der Waals surface area contributed by atoms with E-state index in [1.807, 2.05) is 4.90 Å². The first-order chi connectivity index (χ1) is 13.4. The zero-order valence-electron chi connectivity index (χ0n) is 16.8. The zero-order valence-corrected chi connectivity index (χ0v) is 17.6. The van der Waals surface area contributed by atoms with Crippen molar-refractivity contribution in [2.75, 3.05) is 19.3 Å². The van der Waals surface area contributed by atoms with Gasteiger partial charge in [0, 0.05) is 25.0 Å². The number of nitrogens with one attached hydrogen (secondary N) is 1. The van der Waals surface area contributed by atoms with Gasteiger partial charge in [0.2, 0.25) is 15.9 Å². The number of hydrogen-bond acceptors (Lipinski definition) is 3. The molecular weight excluding hydrogens is 372 g/mol. The summed E-state index contributed by atoms with van der Waals surface area (Å²) in [6.07, 6.45) is 9.73. The monoisotopic (exact) mass is 404 g/mol. The number of sulfonamides is 1. The summed E-state index contributed by atoms with van der Waals surface area (Å²) in [5.74, 6) is 1.43. The van der Waals surface area contributed by atoms with Crippen LogP contribution in [0.25, 0.3) is 0 Å². The molecule has 1 N–H and O–H groups in total. The molecule has 0 spiro atoms. The van der Waals surface area contributed by atoms with E-state index in [-0.39, 0.29) is 17.9 Å². The molecule has 3 atom stereocenters. The number of amides is 1. The van der Waals surface area contributed by atoms with Crippen LogP contribution in [0.4, 0.5) is 0 Å². The Hall–Kier alpha value is -1.40. The molecular formula is C22H32N2O3S. The van der Waals surface area contributed by atoms with Gasteiger partial charge in [0.25, 0.3) is 0 Å². The van der Waals surface area contributed by atoms with Crippen LogP contribution < -0.4 is 4.72 Å². The summed E-state index contributed by atoms with van der Waals surface area (Å²) in [6.45, 7) is 1.40. The van der Waals surface area contributed by atoms with Crippen molar-refractivity contribution in [1.82, 2.24) is 9.62 Å². The highest BCUT2D eigenvalue weighted by molar-refractivity contribution is 7.88. The first-order valence-corrected chi connectivity index (χ1v) is 12.7. The summed E-state index contributed by atoms with van der Waals surface area (Å²) < 4.78 is 25.7. The van der Waals surface area contributed by atoms with Crippen molar-refractivity contribution in [2.24, 2.45) is 5.92 Å². The summed E-state index contributed by atoms with van der Waals surface area (Å²) in [5.41, 5.74) is 2.88. The Balaban J connectivity index is 1.39. The Morgan fingerprint density at radius 3 is 2.43 bits per heavy atom. The highest BCUT2D eigenvalue weighted by atomic mass is 32.2. The SMILES string of the molecule is CS(=O)(=O)N[C@@H]1CCCN(C(=O)[C@@H]2C[C@H]2c2ccccc2C2CCCC2)CC1. The molecule has 4 rings (SSSR count). The minimum Gasteiger partial charge on any atom is -0.342 e. The Kier molecular flexibility index (Phi) is 5.79. The Morgan fingerprint density at radius 1 is 1.00 bits per heavy atom. The van der Waals surface area contributed by atoms with Gasteiger partial charge in [-0.1, -0.05) is 37.1 Å². The lowest BCUT2D eigenvalue weighted by molar-refractivity contribution is -0.132. The van der Waals surface area contributed by atoms with Gasteiger partial charge in [-0.2, -0.15) is 0 Å². The van der Waals surface area contributed by atoms with Crippen LogP contribution in [0.3, 0.4) is 0 Å². The molecule has 28 heavy (non-hydrogen) atoms. The van der Waals surface area contributed by atoms with E-state index >= 15 is 0 Å². The third-order valence-electron chi connectivity index (χ3n) is 6.72. The molecule has 0 bridgehead atoms. The summed E-state index contributed by atoms with van der Waals surface area (Å²) >= 11 is 0. The van der Waals surface area contributed by atoms with Crippen LogP contribution in [0.15, 0.2) is 24.3 Å². The van der Waals surface area contributed by atoms with Gasteiger partial charge in [-0.25, -0.2) is 13.1 Å². The van der Waals surface area contributed by atoms with E-state index in [0.29, 0.717) is 24.8 Å². The summed E-state index contributed by atoms with van der Waals surface area (Å²) in [4.78, 5) is 15.1. The molecule has 0 aromatic heterocycles. The van der Waals surface area contributed by atoms with E-state index in [1.54, 1.807) is 0 Å². The van der Waals surface area contributed by atoms with Crippen molar-refractivity contribution in [3.8, 4) is 0 Å². The van der Waals surface area contributed by atoms with Crippen LogP contribution in [-0.4, -0.2) is 44.6 Å². The van der Waals surface area contributed by atoms with Gasteiger partial charge in [-0.15, -0.1) is 0 Å². The smallest absolute Gasteiger partial charge is 0.226 e. The fourth-order valence-electron chi connectivity index (χ4n) is 5.24. The van der Waals surface area contributed by atoms with E-state index in [4.69, 9.17) is 0 Å². The molecule has 0 unspecified atom stereocenters. The predicted octanol–water partition coefficient (Wildman–Crippen LogP) is 3.38. The van der Waals surface area contributed by atoms with Crippen LogP contribution in [-0.2, 0) is 14.8 Å².